The zero-order chi connectivity index (χ0) is 11.7. The van der Waals surface area contributed by atoms with Crippen molar-refractivity contribution in [2.75, 3.05) is 26.8 Å². The summed E-state index contributed by atoms with van der Waals surface area (Å²) in [5.74, 6) is -0.0473. The summed E-state index contributed by atoms with van der Waals surface area (Å²) in [5.41, 5.74) is 0. The van der Waals surface area contributed by atoms with Crippen molar-refractivity contribution in [2.24, 2.45) is 0 Å². The van der Waals surface area contributed by atoms with Gasteiger partial charge in [0.15, 0.2) is 0 Å². The maximum Gasteiger partial charge on any atom is 0.234 e. The highest BCUT2D eigenvalue weighted by Gasteiger charge is 2.06. The van der Waals surface area contributed by atoms with Crippen LogP contribution in [0.5, 0.6) is 0 Å². The second kappa shape index (κ2) is 8.64. The van der Waals surface area contributed by atoms with Crippen LogP contribution in [0.15, 0.2) is 0 Å². The lowest BCUT2D eigenvalue weighted by Gasteiger charge is -2.13. The average molecular weight is 218 g/mol. The molecular formula is C10H22N2O3. The van der Waals surface area contributed by atoms with Crippen LogP contribution < -0.4 is 10.6 Å². The monoisotopic (exact) mass is 218 g/mol. The van der Waals surface area contributed by atoms with Crippen molar-refractivity contribution >= 4 is 5.91 Å². The van der Waals surface area contributed by atoms with E-state index < -0.39 is 6.10 Å². The molecule has 0 aromatic rings. The van der Waals surface area contributed by atoms with E-state index in [1.807, 2.05) is 13.8 Å². The van der Waals surface area contributed by atoms with Crippen LogP contribution in [0.3, 0.4) is 0 Å². The summed E-state index contributed by atoms with van der Waals surface area (Å²) in [7, 11) is 1.53. The molecule has 0 aromatic heterocycles. The summed E-state index contributed by atoms with van der Waals surface area (Å²) in [6.45, 7) is 4.84. The van der Waals surface area contributed by atoms with Crippen LogP contribution in [-0.4, -0.2) is 50.0 Å². The molecule has 2 atom stereocenters. The number of hydrogen-bond acceptors (Lipinski definition) is 4. The fraction of sp³-hybridized carbons (Fsp3) is 0.900. The standard InChI is InChI=1S/C10H22N2O3/c1-4-8(2)12-10(14)6-11-5-9(13)7-15-3/h8-9,11,13H,4-7H2,1-3H3,(H,12,14). The molecule has 90 valence electrons. The lowest BCUT2D eigenvalue weighted by atomic mass is 10.2. The fourth-order valence-electron chi connectivity index (χ4n) is 1.03. The van der Waals surface area contributed by atoms with Crippen molar-refractivity contribution in [1.29, 1.82) is 0 Å². The van der Waals surface area contributed by atoms with Crippen LogP contribution in [0.1, 0.15) is 20.3 Å². The van der Waals surface area contributed by atoms with E-state index in [4.69, 9.17) is 4.74 Å². The third kappa shape index (κ3) is 8.35. The quantitative estimate of drug-likeness (QED) is 0.513. The molecule has 0 bridgehead atoms. The van der Waals surface area contributed by atoms with E-state index >= 15 is 0 Å². The molecule has 0 heterocycles. The van der Waals surface area contributed by atoms with Gasteiger partial charge in [-0.05, 0) is 13.3 Å². The minimum Gasteiger partial charge on any atom is -0.389 e. The predicted octanol–water partition coefficient (Wildman–Crippen LogP) is -0.502. The Morgan fingerprint density at radius 2 is 2.20 bits per heavy atom. The highest BCUT2D eigenvalue weighted by Crippen LogP contribution is 1.86. The van der Waals surface area contributed by atoms with Gasteiger partial charge in [-0.3, -0.25) is 4.79 Å². The second-order valence-corrected chi connectivity index (χ2v) is 3.62. The fourth-order valence-corrected chi connectivity index (χ4v) is 1.03. The first-order valence-electron chi connectivity index (χ1n) is 5.27. The average Bonchev–Trinajstić information content (AvgIpc) is 2.18. The Bertz CT molecular complexity index is 176. The van der Waals surface area contributed by atoms with Gasteiger partial charge in [-0.25, -0.2) is 0 Å². The minimum absolute atomic E-state index is 0.0473. The third-order valence-electron chi connectivity index (χ3n) is 2.04. The van der Waals surface area contributed by atoms with Gasteiger partial charge in [0.1, 0.15) is 0 Å². The Kier molecular flexibility index (Phi) is 8.27. The van der Waals surface area contributed by atoms with E-state index in [1.165, 1.54) is 7.11 Å². The highest BCUT2D eigenvalue weighted by atomic mass is 16.5. The van der Waals surface area contributed by atoms with Gasteiger partial charge in [0.05, 0.1) is 19.3 Å². The van der Waals surface area contributed by atoms with E-state index in [9.17, 15) is 9.90 Å². The van der Waals surface area contributed by atoms with Crippen LogP contribution in [0.25, 0.3) is 0 Å². The molecule has 5 heteroatoms. The summed E-state index contributed by atoms with van der Waals surface area (Å²) >= 11 is 0. The van der Waals surface area contributed by atoms with Crippen LogP contribution in [0.4, 0.5) is 0 Å². The maximum absolute atomic E-state index is 11.3. The molecule has 0 aromatic carbocycles. The highest BCUT2D eigenvalue weighted by molar-refractivity contribution is 5.78. The Morgan fingerprint density at radius 1 is 1.53 bits per heavy atom. The number of aliphatic hydroxyl groups excluding tert-OH is 1. The molecule has 0 fully saturated rings. The van der Waals surface area contributed by atoms with Crippen LogP contribution in [-0.2, 0) is 9.53 Å². The van der Waals surface area contributed by atoms with Crippen LogP contribution in [0, 0.1) is 0 Å². The number of aliphatic hydroxyl groups is 1. The van der Waals surface area contributed by atoms with Crippen molar-refractivity contribution in [3.8, 4) is 0 Å². The smallest absolute Gasteiger partial charge is 0.234 e. The van der Waals surface area contributed by atoms with Gasteiger partial charge >= 0.3 is 0 Å². The topological polar surface area (TPSA) is 70.6 Å². The maximum atomic E-state index is 11.3. The van der Waals surface area contributed by atoms with Crippen molar-refractivity contribution in [1.82, 2.24) is 10.6 Å². The molecular weight excluding hydrogens is 196 g/mol. The molecule has 1 amide bonds. The number of hydrogen-bond donors (Lipinski definition) is 3. The molecule has 2 unspecified atom stereocenters. The molecule has 0 rings (SSSR count). The molecule has 0 spiro atoms. The van der Waals surface area contributed by atoms with Gasteiger partial charge in [0.25, 0.3) is 0 Å². The number of methoxy groups -OCH3 is 1. The number of ether oxygens (including phenoxy) is 1. The first-order valence-corrected chi connectivity index (χ1v) is 5.27. The number of rotatable bonds is 8. The molecule has 0 radical (unpaired) electrons. The van der Waals surface area contributed by atoms with Gasteiger partial charge in [0.2, 0.25) is 5.91 Å². The summed E-state index contributed by atoms with van der Waals surface area (Å²) in [6, 6.07) is 0.197. The van der Waals surface area contributed by atoms with Gasteiger partial charge in [0, 0.05) is 19.7 Å². The molecule has 0 saturated heterocycles. The van der Waals surface area contributed by atoms with Crippen molar-refractivity contribution in [3.63, 3.8) is 0 Å². The van der Waals surface area contributed by atoms with E-state index in [0.29, 0.717) is 6.54 Å². The molecule has 0 saturated carbocycles. The van der Waals surface area contributed by atoms with E-state index in [-0.39, 0.29) is 25.1 Å². The summed E-state index contributed by atoms with van der Waals surface area (Å²) < 4.78 is 4.75. The summed E-state index contributed by atoms with van der Waals surface area (Å²) in [5, 5.41) is 14.9. The second-order valence-electron chi connectivity index (χ2n) is 3.62. The predicted molar refractivity (Wildman–Crippen MR) is 58.6 cm³/mol. The molecule has 0 aliphatic rings. The van der Waals surface area contributed by atoms with Crippen LogP contribution >= 0.6 is 0 Å². The Balaban J connectivity index is 3.46. The minimum atomic E-state index is -0.564. The largest absolute Gasteiger partial charge is 0.389 e. The molecule has 15 heavy (non-hydrogen) atoms. The van der Waals surface area contributed by atoms with Crippen molar-refractivity contribution < 1.29 is 14.6 Å². The van der Waals surface area contributed by atoms with Gasteiger partial charge in [-0.15, -0.1) is 0 Å². The van der Waals surface area contributed by atoms with Gasteiger partial charge in [-0.1, -0.05) is 6.92 Å². The first kappa shape index (κ1) is 14.3. The Labute approximate surface area is 91.2 Å². The zero-order valence-electron chi connectivity index (χ0n) is 9.75. The van der Waals surface area contributed by atoms with Crippen molar-refractivity contribution in [2.45, 2.75) is 32.4 Å². The van der Waals surface area contributed by atoms with Crippen LogP contribution in [0.2, 0.25) is 0 Å². The number of carbonyl (C=O) groups is 1. The third-order valence-corrected chi connectivity index (χ3v) is 2.04. The Hall–Kier alpha value is -0.650. The number of nitrogens with one attached hydrogen (secondary N) is 2. The van der Waals surface area contributed by atoms with Gasteiger partial charge < -0.3 is 20.5 Å². The lowest BCUT2D eigenvalue weighted by molar-refractivity contribution is -0.120. The molecule has 0 aliphatic heterocycles. The van der Waals surface area contributed by atoms with E-state index in [1.54, 1.807) is 0 Å². The molecule has 3 N–H and O–H groups in total. The first-order chi connectivity index (χ1) is 7.10. The number of amides is 1. The Morgan fingerprint density at radius 3 is 2.73 bits per heavy atom. The molecule has 5 nitrogen and oxygen atoms in total. The summed E-state index contributed by atoms with van der Waals surface area (Å²) in [6.07, 6.45) is 0.351. The zero-order valence-corrected chi connectivity index (χ0v) is 9.75. The summed E-state index contributed by atoms with van der Waals surface area (Å²) in [4.78, 5) is 11.3. The SMILES string of the molecule is CCC(C)NC(=O)CNCC(O)COC. The van der Waals surface area contributed by atoms with E-state index in [0.717, 1.165) is 6.42 Å². The normalized spacial score (nSPS) is 14.7. The van der Waals surface area contributed by atoms with Crippen molar-refractivity contribution in [3.05, 3.63) is 0 Å². The number of carbonyl (C=O) groups excluding carboxylic acids is 1. The molecule has 0 aliphatic carbocycles. The van der Waals surface area contributed by atoms with Gasteiger partial charge in [-0.2, -0.15) is 0 Å². The van der Waals surface area contributed by atoms with E-state index in [2.05, 4.69) is 10.6 Å². The lowest BCUT2D eigenvalue weighted by Crippen LogP contribution is -2.41.